The molecule has 0 bridgehead atoms. The first-order valence-electron chi connectivity index (χ1n) is 8.34. The predicted molar refractivity (Wildman–Crippen MR) is 99.3 cm³/mol. The fraction of sp³-hybridized carbons (Fsp3) is 0.400. The van der Waals surface area contributed by atoms with Crippen molar-refractivity contribution in [3.63, 3.8) is 0 Å². The van der Waals surface area contributed by atoms with Crippen LogP contribution in [0.1, 0.15) is 56.3 Å². The summed E-state index contributed by atoms with van der Waals surface area (Å²) in [6.07, 6.45) is 2.94. The normalized spacial score (nSPS) is 13.6. The van der Waals surface area contributed by atoms with Crippen molar-refractivity contribution in [2.24, 2.45) is 0 Å². The highest BCUT2D eigenvalue weighted by molar-refractivity contribution is 6.31. The number of nitrogens with one attached hydrogen (secondary N) is 1. The van der Waals surface area contributed by atoms with E-state index in [0.29, 0.717) is 10.9 Å². The van der Waals surface area contributed by atoms with E-state index in [0.717, 1.165) is 24.9 Å². The number of aliphatic hydroxyl groups excluding tert-OH is 1. The highest BCUT2D eigenvalue weighted by atomic mass is 35.5. The maximum Gasteiger partial charge on any atom is 0.0776 e. The molecule has 0 fully saturated rings. The summed E-state index contributed by atoms with van der Waals surface area (Å²) in [5, 5.41) is 13.9. The summed E-state index contributed by atoms with van der Waals surface area (Å²) in [5.41, 5.74) is 3.25. The number of benzene rings is 2. The molecule has 2 nitrogen and oxygen atoms in total. The number of unbranched alkanes of at least 4 members (excludes halogenated alkanes) is 1. The van der Waals surface area contributed by atoms with Gasteiger partial charge in [-0.05, 0) is 55.0 Å². The Hall–Kier alpha value is -1.51. The number of anilines is 1. The van der Waals surface area contributed by atoms with Gasteiger partial charge in [0.05, 0.1) is 6.10 Å². The highest BCUT2D eigenvalue weighted by Crippen LogP contribution is 2.29. The summed E-state index contributed by atoms with van der Waals surface area (Å²) in [6, 6.07) is 16.3. The molecular formula is C20H26ClNO. The van der Waals surface area contributed by atoms with Gasteiger partial charge in [-0.1, -0.05) is 55.3 Å². The predicted octanol–water partition coefficient (Wildman–Crippen LogP) is 5.78. The number of halogens is 1. The Morgan fingerprint density at radius 2 is 1.78 bits per heavy atom. The van der Waals surface area contributed by atoms with Crippen molar-refractivity contribution in [1.29, 1.82) is 0 Å². The Morgan fingerprint density at radius 3 is 2.48 bits per heavy atom. The van der Waals surface area contributed by atoms with Crippen molar-refractivity contribution in [1.82, 2.24) is 0 Å². The van der Waals surface area contributed by atoms with Crippen LogP contribution in [0.25, 0.3) is 0 Å². The van der Waals surface area contributed by atoms with E-state index >= 15 is 0 Å². The fourth-order valence-electron chi connectivity index (χ4n) is 2.72. The fourth-order valence-corrected chi connectivity index (χ4v) is 3.00. The van der Waals surface area contributed by atoms with Gasteiger partial charge in [-0.15, -0.1) is 0 Å². The van der Waals surface area contributed by atoms with Crippen molar-refractivity contribution < 1.29 is 5.11 Å². The topological polar surface area (TPSA) is 32.3 Å². The minimum atomic E-state index is -0.523. The molecule has 0 aliphatic heterocycles. The van der Waals surface area contributed by atoms with Crippen LogP contribution in [0.2, 0.25) is 5.02 Å². The first-order chi connectivity index (χ1) is 11.1. The van der Waals surface area contributed by atoms with Crippen molar-refractivity contribution in [3.05, 3.63) is 64.7 Å². The molecule has 0 heterocycles. The smallest absolute Gasteiger partial charge is 0.0776 e. The Labute approximate surface area is 144 Å². The maximum absolute atomic E-state index is 9.77. The minimum absolute atomic E-state index is 0.474. The molecule has 2 atom stereocenters. The van der Waals surface area contributed by atoms with E-state index in [1.807, 2.05) is 30.3 Å². The van der Waals surface area contributed by atoms with Gasteiger partial charge < -0.3 is 10.4 Å². The lowest BCUT2D eigenvalue weighted by Gasteiger charge is -2.15. The summed E-state index contributed by atoms with van der Waals surface area (Å²) < 4.78 is 0. The van der Waals surface area contributed by atoms with Crippen molar-refractivity contribution in [3.8, 4) is 0 Å². The zero-order chi connectivity index (χ0) is 16.7. The van der Waals surface area contributed by atoms with Crippen molar-refractivity contribution >= 4 is 17.3 Å². The third-order valence-corrected chi connectivity index (χ3v) is 4.55. The summed E-state index contributed by atoms with van der Waals surface area (Å²) in [7, 11) is 0. The molecule has 3 heteroatoms. The first kappa shape index (κ1) is 17.8. The lowest BCUT2D eigenvalue weighted by Crippen LogP contribution is -2.03. The van der Waals surface area contributed by atoms with Gasteiger partial charge in [0.2, 0.25) is 0 Å². The van der Waals surface area contributed by atoms with E-state index in [4.69, 9.17) is 11.6 Å². The van der Waals surface area contributed by atoms with Gasteiger partial charge in [0.1, 0.15) is 0 Å². The average molecular weight is 332 g/mol. The molecule has 2 rings (SSSR count). The van der Waals surface area contributed by atoms with Crippen LogP contribution in [0.15, 0.2) is 48.5 Å². The molecule has 124 valence electrons. The van der Waals surface area contributed by atoms with E-state index in [1.165, 1.54) is 17.7 Å². The average Bonchev–Trinajstić information content (AvgIpc) is 2.55. The molecule has 0 radical (unpaired) electrons. The van der Waals surface area contributed by atoms with Gasteiger partial charge in [0.25, 0.3) is 0 Å². The van der Waals surface area contributed by atoms with Gasteiger partial charge in [0, 0.05) is 17.3 Å². The molecule has 0 aliphatic rings. The third-order valence-electron chi connectivity index (χ3n) is 4.21. The number of aliphatic hydroxyl groups is 1. The van der Waals surface area contributed by atoms with Crippen LogP contribution in [0.5, 0.6) is 0 Å². The van der Waals surface area contributed by atoms with E-state index in [9.17, 15) is 5.11 Å². The van der Waals surface area contributed by atoms with Gasteiger partial charge in [-0.25, -0.2) is 0 Å². The lowest BCUT2D eigenvalue weighted by molar-refractivity contribution is 0.199. The molecule has 2 unspecified atom stereocenters. The summed E-state index contributed by atoms with van der Waals surface area (Å²) >= 11 is 6.13. The summed E-state index contributed by atoms with van der Waals surface area (Å²) in [5.74, 6) is 0.474. The summed E-state index contributed by atoms with van der Waals surface area (Å²) in [6.45, 7) is 4.99. The molecule has 2 N–H and O–H groups in total. The Bertz CT molecular complexity index is 598. The number of hydrogen-bond acceptors (Lipinski definition) is 2. The van der Waals surface area contributed by atoms with Gasteiger partial charge >= 0.3 is 0 Å². The quantitative estimate of drug-likeness (QED) is 0.601. The third kappa shape index (κ3) is 5.56. The van der Waals surface area contributed by atoms with Crippen LogP contribution in [0.3, 0.4) is 0 Å². The molecule has 0 aliphatic carbocycles. The standard InChI is InChI=1S/C20H26ClNO/c1-15(17-11-12-20(21)19(14-17)16(2)23)8-6-7-13-22-18-9-4-3-5-10-18/h3-5,9-12,14-16,22-23H,6-8,13H2,1-2H3. The lowest BCUT2D eigenvalue weighted by atomic mass is 9.93. The van der Waals surface area contributed by atoms with Gasteiger partial charge in [0.15, 0.2) is 0 Å². The van der Waals surface area contributed by atoms with E-state index in [2.05, 4.69) is 30.4 Å². The second-order valence-electron chi connectivity index (χ2n) is 6.15. The summed E-state index contributed by atoms with van der Waals surface area (Å²) in [4.78, 5) is 0. The molecule has 0 saturated carbocycles. The molecule has 2 aromatic rings. The van der Waals surface area contributed by atoms with Crippen LogP contribution < -0.4 is 5.32 Å². The first-order valence-corrected chi connectivity index (χ1v) is 8.72. The van der Waals surface area contributed by atoms with Crippen LogP contribution in [0, 0.1) is 0 Å². The van der Waals surface area contributed by atoms with Crippen LogP contribution in [0.4, 0.5) is 5.69 Å². The SMILES string of the molecule is CC(O)c1cc(C(C)CCCCNc2ccccc2)ccc1Cl. The Kier molecular flexibility index (Phi) is 6.94. The monoisotopic (exact) mass is 331 g/mol. The van der Waals surface area contributed by atoms with E-state index in [1.54, 1.807) is 6.92 Å². The van der Waals surface area contributed by atoms with Crippen LogP contribution in [-0.4, -0.2) is 11.7 Å². The van der Waals surface area contributed by atoms with E-state index in [-0.39, 0.29) is 0 Å². The van der Waals surface area contributed by atoms with Crippen molar-refractivity contribution in [2.75, 3.05) is 11.9 Å². The highest BCUT2D eigenvalue weighted by Gasteiger charge is 2.11. The van der Waals surface area contributed by atoms with Gasteiger partial charge in [-0.3, -0.25) is 0 Å². The second kappa shape index (κ2) is 8.95. The number of hydrogen-bond donors (Lipinski definition) is 2. The second-order valence-corrected chi connectivity index (χ2v) is 6.55. The maximum atomic E-state index is 9.77. The minimum Gasteiger partial charge on any atom is -0.389 e. The van der Waals surface area contributed by atoms with E-state index < -0.39 is 6.10 Å². The molecule has 0 spiro atoms. The molecule has 0 aromatic heterocycles. The van der Waals surface area contributed by atoms with Crippen LogP contribution >= 0.6 is 11.6 Å². The molecule has 0 amide bonds. The van der Waals surface area contributed by atoms with Crippen LogP contribution in [-0.2, 0) is 0 Å². The number of para-hydroxylation sites is 1. The zero-order valence-electron chi connectivity index (χ0n) is 13.9. The Balaban J connectivity index is 1.76. The van der Waals surface area contributed by atoms with Crippen molar-refractivity contribution in [2.45, 2.75) is 45.1 Å². The molecule has 23 heavy (non-hydrogen) atoms. The molecular weight excluding hydrogens is 306 g/mol. The molecule has 0 saturated heterocycles. The number of rotatable bonds is 8. The molecule has 2 aromatic carbocycles. The zero-order valence-corrected chi connectivity index (χ0v) is 14.7. The van der Waals surface area contributed by atoms with Gasteiger partial charge in [-0.2, -0.15) is 0 Å². The Morgan fingerprint density at radius 1 is 1.04 bits per heavy atom. The largest absolute Gasteiger partial charge is 0.389 e.